The van der Waals surface area contributed by atoms with Crippen molar-refractivity contribution in [2.45, 2.75) is 6.54 Å². The quantitative estimate of drug-likeness (QED) is 0.365. The Morgan fingerprint density at radius 3 is 3.10 bits per heavy atom. The van der Waals surface area contributed by atoms with Gasteiger partial charge in [0.2, 0.25) is 0 Å². The molecule has 0 aromatic carbocycles. The molecule has 0 bridgehead atoms. The first-order chi connectivity index (χ1) is 4.79. The summed E-state index contributed by atoms with van der Waals surface area (Å²) in [4.78, 5) is 10.9. The van der Waals surface area contributed by atoms with Crippen LogP contribution in [0.5, 0.6) is 0 Å². The summed E-state index contributed by atoms with van der Waals surface area (Å²) in [5.41, 5.74) is 0.731. The molecule has 0 saturated heterocycles. The van der Waals surface area contributed by atoms with Crippen molar-refractivity contribution in [3.63, 3.8) is 0 Å². The molecule has 1 aromatic heterocycles. The minimum absolute atomic E-state index is 0.225. The van der Waals surface area contributed by atoms with E-state index in [0.717, 1.165) is 5.01 Å². The molecule has 0 radical (unpaired) electrons. The Kier molecular flexibility index (Phi) is 0.825. The summed E-state index contributed by atoms with van der Waals surface area (Å²) in [6, 6.07) is 0. The zero-order chi connectivity index (χ0) is 7.14. The first-order valence-corrected chi connectivity index (χ1v) is 2.67. The van der Waals surface area contributed by atoms with Crippen molar-refractivity contribution < 1.29 is 9.42 Å². The lowest BCUT2D eigenvalue weighted by molar-refractivity contribution is 0.0758. The van der Waals surface area contributed by atoms with E-state index < -0.39 is 0 Å². The minimum Gasteiger partial charge on any atom is -0.269 e. The predicted molar refractivity (Wildman–Crippen MR) is 28.4 cm³/mol. The number of hydrogen-bond donors (Lipinski definition) is 1. The van der Waals surface area contributed by atoms with E-state index in [1.54, 1.807) is 0 Å². The molecule has 52 valence electrons. The number of nitrogens with zero attached hydrogens (tertiary/aromatic N) is 3. The Morgan fingerprint density at radius 2 is 2.40 bits per heavy atom. The van der Waals surface area contributed by atoms with Crippen molar-refractivity contribution in [2.75, 3.05) is 0 Å². The highest BCUT2D eigenvalue weighted by atomic mass is 16.6. The second-order valence-electron chi connectivity index (χ2n) is 1.99. The van der Waals surface area contributed by atoms with Gasteiger partial charge >= 0.3 is 0 Å². The van der Waals surface area contributed by atoms with E-state index in [1.807, 2.05) is 0 Å². The summed E-state index contributed by atoms with van der Waals surface area (Å²) in [6.45, 7) is 0.289. The monoisotopic (exact) mass is 140 g/mol. The molecular weight excluding hydrogens is 136 g/mol. The van der Waals surface area contributed by atoms with Gasteiger partial charge in [0.15, 0.2) is 5.69 Å². The van der Waals surface area contributed by atoms with Crippen LogP contribution >= 0.6 is 0 Å². The van der Waals surface area contributed by atoms with Crippen LogP contribution in [0.2, 0.25) is 0 Å². The molecule has 2 heterocycles. The van der Waals surface area contributed by atoms with E-state index >= 15 is 0 Å². The molecule has 10 heavy (non-hydrogen) atoms. The molecule has 0 saturated carbocycles. The second kappa shape index (κ2) is 1.54. The molecule has 6 heteroatoms. The maximum atomic E-state index is 10.9. The topological polar surface area (TPSA) is 85.2 Å². The van der Waals surface area contributed by atoms with E-state index in [1.165, 1.54) is 0 Å². The Labute approximate surface area is 55.5 Å². The maximum absolute atomic E-state index is 10.9. The molecular formula is C4H4N4O2. The Balaban J connectivity index is 2.53. The normalized spacial score (nSPS) is 16.1. The van der Waals surface area contributed by atoms with Gasteiger partial charge in [-0.25, -0.2) is 10.5 Å². The van der Waals surface area contributed by atoms with Crippen LogP contribution < -0.4 is 5.84 Å². The third kappa shape index (κ3) is 0.482. The fourth-order valence-corrected chi connectivity index (χ4v) is 0.842. The highest BCUT2D eigenvalue weighted by Crippen LogP contribution is 2.14. The van der Waals surface area contributed by atoms with Gasteiger partial charge in [0.1, 0.15) is 5.69 Å². The van der Waals surface area contributed by atoms with Crippen molar-refractivity contribution in [1.82, 2.24) is 15.3 Å². The van der Waals surface area contributed by atoms with Crippen LogP contribution in [0.15, 0.2) is 4.63 Å². The van der Waals surface area contributed by atoms with Crippen molar-refractivity contribution in [3.05, 3.63) is 11.4 Å². The van der Waals surface area contributed by atoms with E-state index in [4.69, 9.17) is 5.84 Å². The van der Waals surface area contributed by atoms with Gasteiger partial charge in [0, 0.05) is 0 Å². The summed E-state index contributed by atoms with van der Waals surface area (Å²) >= 11 is 0. The smallest absolute Gasteiger partial charge is 0.269 e. The standard InChI is InChI=1S/C4H4N4O2/c5-8-1-2-3(4(8)9)7-10-6-2/h1,5H2. The van der Waals surface area contributed by atoms with Crippen LogP contribution in [0.25, 0.3) is 0 Å². The van der Waals surface area contributed by atoms with E-state index in [-0.39, 0.29) is 18.1 Å². The SMILES string of the molecule is NN1Cc2nonc2C1=O. The molecule has 1 aliphatic heterocycles. The number of nitrogens with two attached hydrogens (primary N) is 1. The molecule has 0 aliphatic carbocycles. The lowest BCUT2D eigenvalue weighted by atomic mass is 10.4. The summed E-state index contributed by atoms with van der Waals surface area (Å²) in [7, 11) is 0. The maximum Gasteiger partial charge on any atom is 0.292 e. The van der Waals surface area contributed by atoms with Crippen LogP contribution in [0.4, 0.5) is 0 Å². The number of amides is 1. The molecule has 1 amide bonds. The number of carbonyl (C=O) groups excluding carboxylic acids is 1. The first-order valence-electron chi connectivity index (χ1n) is 2.67. The average Bonchev–Trinajstić information content (AvgIpc) is 2.41. The second-order valence-corrected chi connectivity index (χ2v) is 1.99. The van der Waals surface area contributed by atoms with Gasteiger partial charge in [0.05, 0.1) is 6.54 Å². The highest BCUT2D eigenvalue weighted by molar-refractivity contribution is 5.95. The highest BCUT2D eigenvalue weighted by Gasteiger charge is 2.30. The fraction of sp³-hybridized carbons (Fsp3) is 0.250. The van der Waals surface area contributed by atoms with E-state index in [2.05, 4.69) is 14.9 Å². The molecule has 2 N–H and O–H groups in total. The Morgan fingerprint density at radius 1 is 1.60 bits per heavy atom. The molecule has 0 fully saturated rings. The molecule has 1 aliphatic rings. The Bertz CT molecular complexity index is 281. The number of hydrogen-bond acceptors (Lipinski definition) is 5. The van der Waals surface area contributed by atoms with Gasteiger partial charge in [-0.05, 0) is 5.16 Å². The fourth-order valence-electron chi connectivity index (χ4n) is 0.842. The van der Waals surface area contributed by atoms with Gasteiger partial charge in [-0.15, -0.1) is 0 Å². The molecule has 1 aromatic rings. The molecule has 2 rings (SSSR count). The predicted octanol–water partition coefficient (Wildman–Crippen LogP) is -1.10. The molecule has 0 atom stereocenters. The van der Waals surface area contributed by atoms with Crippen molar-refractivity contribution in [3.8, 4) is 0 Å². The number of carbonyl (C=O) groups is 1. The average molecular weight is 140 g/mol. The third-order valence-corrected chi connectivity index (χ3v) is 1.34. The van der Waals surface area contributed by atoms with Gasteiger partial charge in [-0.2, -0.15) is 0 Å². The summed E-state index contributed by atoms with van der Waals surface area (Å²) in [6.07, 6.45) is 0. The number of rotatable bonds is 0. The van der Waals surface area contributed by atoms with Crippen molar-refractivity contribution in [1.29, 1.82) is 0 Å². The van der Waals surface area contributed by atoms with Crippen LogP contribution in [-0.4, -0.2) is 21.2 Å². The Hall–Kier alpha value is -1.43. The third-order valence-electron chi connectivity index (χ3n) is 1.34. The van der Waals surface area contributed by atoms with Crippen LogP contribution in [0.3, 0.4) is 0 Å². The van der Waals surface area contributed by atoms with Gasteiger partial charge in [-0.1, -0.05) is 5.16 Å². The largest absolute Gasteiger partial charge is 0.292 e. The van der Waals surface area contributed by atoms with Crippen LogP contribution in [0, 0.1) is 0 Å². The van der Waals surface area contributed by atoms with Crippen LogP contribution in [-0.2, 0) is 6.54 Å². The van der Waals surface area contributed by atoms with Gasteiger partial charge < -0.3 is 0 Å². The molecule has 6 nitrogen and oxygen atoms in total. The lowest BCUT2D eigenvalue weighted by Gasteiger charge is -2.03. The molecule has 0 unspecified atom stereocenters. The lowest BCUT2D eigenvalue weighted by Crippen LogP contribution is -2.31. The zero-order valence-corrected chi connectivity index (χ0v) is 4.94. The van der Waals surface area contributed by atoms with Crippen LogP contribution in [0.1, 0.15) is 16.2 Å². The van der Waals surface area contributed by atoms with E-state index in [0.29, 0.717) is 5.69 Å². The minimum atomic E-state index is -0.337. The first kappa shape index (κ1) is 5.36. The van der Waals surface area contributed by atoms with Gasteiger partial charge in [-0.3, -0.25) is 9.80 Å². The van der Waals surface area contributed by atoms with Crippen molar-refractivity contribution in [2.24, 2.45) is 5.84 Å². The zero-order valence-electron chi connectivity index (χ0n) is 4.94. The summed E-state index contributed by atoms with van der Waals surface area (Å²) < 4.78 is 4.30. The number of fused-ring (bicyclic) bond motifs is 1. The number of aromatic nitrogens is 2. The summed E-state index contributed by atoms with van der Waals surface area (Å²) in [5.74, 6) is 4.90. The molecule has 0 spiro atoms. The summed E-state index contributed by atoms with van der Waals surface area (Å²) in [5, 5.41) is 7.88. The van der Waals surface area contributed by atoms with E-state index in [9.17, 15) is 4.79 Å². The van der Waals surface area contributed by atoms with Crippen molar-refractivity contribution >= 4 is 5.91 Å². The van der Waals surface area contributed by atoms with Gasteiger partial charge in [0.25, 0.3) is 5.91 Å². The number of hydrazine groups is 1.